The van der Waals surface area contributed by atoms with Crippen LogP contribution in [0.15, 0.2) is 51.8 Å². The van der Waals surface area contributed by atoms with Crippen LogP contribution in [0.5, 0.6) is 0 Å². The Bertz CT molecular complexity index is 796. The van der Waals surface area contributed by atoms with E-state index in [2.05, 4.69) is 20.7 Å². The van der Waals surface area contributed by atoms with Gasteiger partial charge in [0.15, 0.2) is 0 Å². The van der Waals surface area contributed by atoms with E-state index in [1.807, 2.05) is 6.07 Å². The van der Waals surface area contributed by atoms with Crippen LogP contribution in [0.2, 0.25) is 0 Å². The summed E-state index contributed by atoms with van der Waals surface area (Å²) in [5, 5.41) is 8.71. The fraction of sp³-hybridized carbons (Fsp3) is 0.0714. The second kappa shape index (κ2) is 6.26. The predicted molar refractivity (Wildman–Crippen MR) is 83.7 cm³/mol. The molecule has 2 aromatic carbocycles. The molecule has 0 heterocycles. The topological polar surface area (TPSA) is 96.0 Å². The highest BCUT2D eigenvalue weighted by Crippen LogP contribution is 2.22. The average molecular weight is 366 g/mol. The number of rotatable bonds is 4. The summed E-state index contributed by atoms with van der Waals surface area (Å²) in [6.45, 7) is 0.143. The summed E-state index contributed by atoms with van der Waals surface area (Å²) >= 11 is 3.22. The molecule has 0 aliphatic rings. The predicted octanol–water partition coefficient (Wildman–Crippen LogP) is 2.38. The lowest BCUT2D eigenvalue weighted by Crippen LogP contribution is -2.23. The number of nitriles is 1. The van der Waals surface area contributed by atoms with Crippen molar-refractivity contribution in [2.75, 3.05) is 5.73 Å². The first-order chi connectivity index (χ1) is 9.92. The number of nitrogens with one attached hydrogen (secondary N) is 1. The standard InChI is InChI=1S/C14H12BrN3O2S/c15-13-6-5-12(7-14(13)17)21(19,20)18-9-11-3-1-10(8-16)2-4-11/h1-7,18H,9,17H2. The van der Waals surface area contributed by atoms with Gasteiger partial charge in [-0.2, -0.15) is 5.26 Å². The number of sulfonamides is 1. The molecule has 0 unspecified atom stereocenters. The molecule has 0 aliphatic carbocycles. The molecule has 0 radical (unpaired) electrons. The van der Waals surface area contributed by atoms with Crippen molar-refractivity contribution < 1.29 is 8.42 Å². The summed E-state index contributed by atoms with van der Waals surface area (Å²) in [6, 6.07) is 13.2. The summed E-state index contributed by atoms with van der Waals surface area (Å²) in [5.41, 5.74) is 7.34. The third-order valence-electron chi connectivity index (χ3n) is 2.83. The average Bonchev–Trinajstić information content (AvgIpc) is 2.48. The zero-order valence-electron chi connectivity index (χ0n) is 10.9. The molecule has 108 valence electrons. The highest BCUT2D eigenvalue weighted by atomic mass is 79.9. The van der Waals surface area contributed by atoms with Crippen LogP contribution in [0, 0.1) is 11.3 Å². The minimum Gasteiger partial charge on any atom is -0.398 e. The highest BCUT2D eigenvalue weighted by molar-refractivity contribution is 9.10. The molecule has 5 nitrogen and oxygen atoms in total. The van der Waals surface area contributed by atoms with Crippen LogP contribution in [0.3, 0.4) is 0 Å². The Labute approximate surface area is 131 Å². The number of nitrogen functional groups attached to an aromatic ring is 1. The molecular weight excluding hydrogens is 354 g/mol. The second-order valence-electron chi connectivity index (χ2n) is 4.32. The maximum absolute atomic E-state index is 12.2. The van der Waals surface area contributed by atoms with E-state index >= 15 is 0 Å². The first-order valence-corrected chi connectivity index (χ1v) is 8.24. The number of benzene rings is 2. The van der Waals surface area contributed by atoms with Crippen LogP contribution < -0.4 is 10.5 Å². The fourth-order valence-corrected chi connectivity index (χ4v) is 2.95. The molecular formula is C14H12BrN3O2S. The normalized spacial score (nSPS) is 11.0. The van der Waals surface area contributed by atoms with E-state index in [1.165, 1.54) is 12.1 Å². The molecule has 0 saturated carbocycles. The van der Waals surface area contributed by atoms with E-state index < -0.39 is 10.0 Å². The van der Waals surface area contributed by atoms with Gasteiger partial charge < -0.3 is 5.73 Å². The van der Waals surface area contributed by atoms with Gasteiger partial charge in [0.2, 0.25) is 10.0 Å². The Balaban J connectivity index is 2.13. The summed E-state index contributed by atoms with van der Waals surface area (Å²) in [6.07, 6.45) is 0. The molecule has 0 amide bonds. The molecule has 2 rings (SSSR count). The van der Waals surface area contributed by atoms with Gasteiger partial charge in [0, 0.05) is 16.7 Å². The SMILES string of the molecule is N#Cc1ccc(CNS(=O)(=O)c2ccc(Br)c(N)c2)cc1. The van der Waals surface area contributed by atoms with Crippen molar-refractivity contribution in [3.63, 3.8) is 0 Å². The number of nitrogens with two attached hydrogens (primary N) is 1. The maximum Gasteiger partial charge on any atom is 0.240 e. The first-order valence-electron chi connectivity index (χ1n) is 5.96. The molecule has 0 spiro atoms. The van der Waals surface area contributed by atoms with Gasteiger partial charge in [0.25, 0.3) is 0 Å². The van der Waals surface area contributed by atoms with Gasteiger partial charge >= 0.3 is 0 Å². The van der Waals surface area contributed by atoms with Crippen molar-refractivity contribution in [1.29, 1.82) is 5.26 Å². The van der Waals surface area contributed by atoms with Gasteiger partial charge in [-0.05, 0) is 51.8 Å². The quantitative estimate of drug-likeness (QED) is 0.812. The molecule has 0 atom stereocenters. The number of nitrogens with zero attached hydrogens (tertiary/aromatic N) is 1. The smallest absolute Gasteiger partial charge is 0.240 e. The van der Waals surface area contributed by atoms with Crippen LogP contribution in [0.25, 0.3) is 0 Å². The van der Waals surface area contributed by atoms with Crippen molar-refractivity contribution in [3.8, 4) is 6.07 Å². The molecule has 2 aromatic rings. The maximum atomic E-state index is 12.2. The molecule has 0 aliphatic heterocycles. The van der Waals surface area contributed by atoms with Crippen molar-refractivity contribution in [1.82, 2.24) is 4.72 Å². The lowest BCUT2D eigenvalue weighted by Gasteiger charge is -2.08. The van der Waals surface area contributed by atoms with E-state index in [4.69, 9.17) is 11.0 Å². The molecule has 21 heavy (non-hydrogen) atoms. The van der Waals surface area contributed by atoms with Crippen molar-refractivity contribution in [3.05, 3.63) is 58.1 Å². The number of hydrogen-bond donors (Lipinski definition) is 2. The molecule has 0 aromatic heterocycles. The van der Waals surface area contributed by atoms with E-state index in [0.29, 0.717) is 15.7 Å². The third kappa shape index (κ3) is 3.82. The Morgan fingerprint density at radius 1 is 1.19 bits per heavy atom. The van der Waals surface area contributed by atoms with Crippen molar-refractivity contribution in [2.24, 2.45) is 0 Å². The fourth-order valence-electron chi connectivity index (χ4n) is 1.65. The van der Waals surface area contributed by atoms with E-state index in [9.17, 15) is 8.42 Å². The van der Waals surface area contributed by atoms with Gasteiger partial charge in [0.1, 0.15) is 0 Å². The largest absolute Gasteiger partial charge is 0.398 e. The summed E-state index contributed by atoms with van der Waals surface area (Å²) in [7, 11) is -3.63. The van der Waals surface area contributed by atoms with Crippen molar-refractivity contribution in [2.45, 2.75) is 11.4 Å². The van der Waals surface area contributed by atoms with Crippen LogP contribution in [0.1, 0.15) is 11.1 Å². The Hall–Kier alpha value is -1.88. The lowest BCUT2D eigenvalue weighted by molar-refractivity contribution is 0.581. The van der Waals surface area contributed by atoms with Gasteiger partial charge in [-0.3, -0.25) is 0 Å². The zero-order valence-corrected chi connectivity index (χ0v) is 13.3. The Morgan fingerprint density at radius 3 is 2.43 bits per heavy atom. The monoisotopic (exact) mass is 365 g/mol. The zero-order chi connectivity index (χ0) is 15.5. The van der Waals surface area contributed by atoms with Gasteiger partial charge in [0.05, 0.1) is 16.5 Å². The summed E-state index contributed by atoms with van der Waals surface area (Å²) < 4.78 is 27.5. The van der Waals surface area contributed by atoms with Crippen LogP contribution in [0.4, 0.5) is 5.69 Å². The van der Waals surface area contributed by atoms with E-state index in [-0.39, 0.29) is 11.4 Å². The molecule has 0 fully saturated rings. The Morgan fingerprint density at radius 2 is 1.86 bits per heavy atom. The van der Waals surface area contributed by atoms with E-state index in [1.54, 1.807) is 30.3 Å². The number of halogens is 1. The minimum atomic E-state index is -3.63. The van der Waals surface area contributed by atoms with Gasteiger partial charge in [-0.1, -0.05) is 12.1 Å². The highest BCUT2D eigenvalue weighted by Gasteiger charge is 2.14. The summed E-state index contributed by atoms with van der Waals surface area (Å²) in [4.78, 5) is 0.108. The van der Waals surface area contributed by atoms with E-state index in [0.717, 1.165) is 5.56 Å². The van der Waals surface area contributed by atoms with Crippen LogP contribution in [-0.4, -0.2) is 8.42 Å². The number of hydrogen-bond acceptors (Lipinski definition) is 4. The van der Waals surface area contributed by atoms with Gasteiger partial charge in [-0.25, -0.2) is 13.1 Å². The first kappa shape index (κ1) is 15.5. The Kier molecular flexibility index (Phi) is 4.63. The van der Waals surface area contributed by atoms with Crippen LogP contribution in [-0.2, 0) is 16.6 Å². The minimum absolute atomic E-state index is 0.108. The molecule has 3 N–H and O–H groups in total. The number of anilines is 1. The van der Waals surface area contributed by atoms with Crippen molar-refractivity contribution >= 4 is 31.6 Å². The molecule has 0 saturated heterocycles. The van der Waals surface area contributed by atoms with Gasteiger partial charge in [-0.15, -0.1) is 0 Å². The second-order valence-corrected chi connectivity index (χ2v) is 6.94. The third-order valence-corrected chi connectivity index (χ3v) is 4.95. The molecule has 0 bridgehead atoms. The summed E-state index contributed by atoms with van der Waals surface area (Å²) in [5.74, 6) is 0. The molecule has 7 heteroatoms. The van der Waals surface area contributed by atoms with Crippen LogP contribution >= 0.6 is 15.9 Å². The lowest BCUT2D eigenvalue weighted by atomic mass is 10.1.